The van der Waals surface area contributed by atoms with Gasteiger partial charge in [-0.25, -0.2) is 0 Å². The van der Waals surface area contributed by atoms with Crippen molar-refractivity contribution in [2.45, 2.75) is 25.7 Å². The Morgan fingerprint density at radius 3 is 1.94 bits per heavy atom. The lowest BCUT2D eigenvalue weighted by molar-refractivity contribution is 1.01. The van der Waals surface area contributed by atoms with Gasteiger partial charge in [-0.15, -0.1) is 0 Å². The topological polar surface area (TPSA) is 3.24 Å². The van der Waals surface area contributed by atoms with Gasteiger partial charge in [0.05, 0.1) is 11.4 Å². The summed E-state index contributed by atoms with van der Waals surface area (Å²) in [5, 5.41) is 0. The summed E-state index contributed by atoms with van der Waals surface area (Å²) >= 11 is 0. The third-order valence-electron chi connectivity index (χ3n) is 8.70. The van der Waals surface area contributed by atoms with Gasteiger partial charge in [-0.3, -0.25) is 0 Å². The molecule has 0 saturated heterocycles. The largest absolute Gasteiger partial charge is 0.309 e. The van der Waals surface area contributed by atoms with E-state index in [2.05, 4.69) is 95.9 Å². The number of rotatable bonds is 0. The number of anilines is 3. The standard InChI is InChI=1S/C34H23N/c1-3-10-27-20(6-1)16-22-12-13-24-18-23-14-15-30-28(32(23)33(24)31(22)27)19-26-9-5-8-25-17-21-7-2-4-11-29(21)35(30)34(25)26/h1-15H,16-19H2. The van der Waals surface area contributed by atoms with E-state index in [-0.39, 0.29) is 0 Å². The molecular formula is C34H23N. The molecule has 164 valence electrons. The van der Waals surface area contributed by atoms with Gasteiger partial charge in [0.15, 0.2) is 0 Å². The van der Waals surface area contributed by atoms with Gasteiger partial charge in [-0.2, -0.15) is 0 Å². The first-order valence-corrected chi connectivity index (χ1v) is 12.7. The summed E-state index contributed by atoms with van der Waals surface area (Å²) in [5.41, 5.74) is 21.8. The number of para-hydroxylation sites is 2. The summed E-state index contributed by atoms with van der Waals surface area (Å²) in [6.07, 6.45) is 4.11. The average Bonchev–Trinajstić information content (AvgIpc) is 3.46. The number of fused-ring (bicyclic) bond motifs is 12. The fourth-order valence-corrected chi connectivity index (χ4v) is 7.30. The van der Waals surface area contributed by atoms with Gasteiger partial charge in [0, 0.05) is 18.5 Å². The molecule has 0 fully saturated rings. The molecule has 5 aromatic rings. The van der Waals surface area contributed by atoms with Gasteiger partial charge < -0.3 is 4.90 Å². The fraction of sp³-hybridized carbons (Fsp3) is 0.118. The van der Waals surface area contributed by atoms with Gasteiger partial charge in [0.25, 0.3) is 0 Å². The molecule has 4 aliphatic rings. The minimum Gasteiger partial charge on any atom is -0.309 e. The fourth-order valence-electron chi connectivity index (χ4n) is 7.30. The second kappa shape index (κ2) is 6.31. The van der Waals surface area contributed by atoms with Crippen molar-refractivity contribution < 1.29 is 0 Å². The Morgan fingerprint density at radius 2 is 1.03 bits per heavy atom. The van der Waals surface area contributed by atoms with Crippen LogP contribution in [0, 0.1) is 0 Å². The highest BCUT2D eigenvalue weighted by Crippen LogP contribution is 2.56. The van der Waals surface area contributed by atoms with Gasteiger partial charge in [0.2, 0.25) is 0 Å². The van der Waals surface area contributed by atoms with Crippen molar-refractivity contribution in [3.8, 4) is 22.3 Å². The van der Waals surface area contributed by atoms with E-state index in [0.717, 1.165) is 25.7 Å². The molecule has 1 nitrogen and oxygen atoms in total. The lowest BCUT2D eigenvalue weighted by Gasteiger charge is -2.40. The zero-order chi connectivity index (χ0) is 22.7. The van der Waals surface area contributed by atoms with Crippen molar-refractivity contribution in [1.29, 1.82) is 0 Å². The first kappa shape index (κ1) is 18.3. The van der Waals surface area contributed by atoms with E-state index >= 15 is 0 Å². The van der Waals surface area contributed by atoms with Crippen LogP contribution in [-0.2, 0) is 25.7 Å². The first-order valence-electron chi connectivity index (χ1n) is 12.7. The number of benzene rings is 5. The molecule has 35 heavy (non-hydrogen) atoms. The molecule has 0 N–H and O–H groups in total. The van der Waals surface area contributed by atoms with Gasteiger partial charge >= 0.3 is 0 Å². The Hall–Kier alpha value is -4.10. The molecular weight excluding hydrogens is 422 g/mol. The van der Waals surface area contributed by atoms with Crippen LogP contribution in [0.1, 0.15) is 44.5 Å². The van der Waals surface area contributed by atoms with Crippen molar-refractivity contribution in [2.24, 2.45) is 0 Å². The Kier molecular flexibility index (Phi) is 3.29. The Morgan fingerprint density at radius 1 is 0.400 bits per heavy atom. The van der Waals surface area contributed by atoms with E-state index in [4.69, 9.17) is 0 Å². The summed E-state index contributed by atoms with van der Waals surface area (Å²) in [5.74, 6) is 0. The van der Waals surface area contributed by atoms with Gasteiger partial charge in [0.1, 0.15) is 0 Å². The predicted molar refractivity (Wildman–Crippen MR) is 143 cm³/mol. The van der Waals surface area contributed by atoms with Crippen LogP contribution in [0.5, 0.6) is 0 Å². The molecule has 9 rings (SSSR count). The summed E-state index contributed by atoms with van der Waals surface area (Å²) in [4.78, 5) is 2.57. The molecule has 2 aliphatic carbocycles. The van der Waals surface area contributed by atoms with E-state index in [1.54, 1.807) is 0 Å². The zero-order valence-electron chi connectivity index (χ0n) is 19.4. The number of nitrogens with zero attached hydrogens (tertiary/aromatic N) is 1. The maximum atomic E-state index is 2.57. The average molecular weight is 446 g/mol. The summed E-state index contributed by atoms with van der Waals surface area (Å²) in [7, 11) is 0. The summed E-state index contributed by atoms with van der Waals surface area (Å²) in [6, 6.07) is 34.5. The van der Waals surface area contributed by atoms with E-state index in [9.17, 15) is 0 Å². The van der Waals surface area contributed by atoms with Crippen LogP contribution in [-0.4, -0.2) is 0 Å². The molecule has 0 amide bonds. The minimum atomic E-state index is 1.01. The highest BCUT2D eigenvalue weighted by atomic mass is 15.2. The molecule has 0 spiro atoms. The van der Waals surface area contributed by atoms with Crippen LogP contribution in [0.25, 0.3) is 22.3 Å². The molecule has 2 aliphatic heterocycles. The van der Waals surface area contributed by atoms with Crippen LogP contribution in [0.2, 0.25) is 0 Å². The quantitative estimate of drug-likeness (QED) is 0.228. The number of hydrogen-bond donors (Lipinski definition) is 0. The van der Waals surface area contributed by atoms with Crippen molar-refractivity contribution in [1.82, 2.24) is 0 Å². The summed E-state index contributed by atoms with van der Waals surface area (Å²) < 4.78 is 0. The van der Waals surface area contributed by atoms with E-state index in [0.29, 0.717) is 0 Å². The Balaban J connectivity index is 1.36. The van der Waals surface area contributed by atoms with Crippen molar-refractivity contribution in [3.63, 3.8) is 0 Å². The Bertz CT molecular complexity index is 1760. The molecule has 0 bridgehead atoms. The van der Waals surface area contributed by atoms with E-state index < -0.39 is 0 Å². The molecule has 0 atom stereocenters. The lowest BCUT2D eigenvalue weighted by atomic mass is 9.82. The third-order valence-corrected chi connectivity index (χ3v) is 8.70. The zero-order valence-corrected chi connectivity index (χ0v) is 19.4. The van der Waals surface area contributed by atoms with E-state index in [1.165, 1.54) is 83.8 Å². The molecule has 2 heterocycles. The third kappa shape index (κ3) is 2.24. The second-order valence-corrected chi connectivity index (χ2v) is 10.5. The monoisotopic (exact) mass is 445 g/mol. The van der Waals surface area contributed by atoms with Crippen molar-refractivity contribution in [3.05, 3.63) is 136 Å². The SMILES string of the molecule is c1ccc2c(c1)Cc1ccc3c(c1-2)-c1c(ccc2c1Cc1cccc4c1N2c1ccccc1C4)C3. The predicted octanol–water partition coefficient (Wildman–Crippen LogP) is 8.11. The van der Waals surface area contributed by atoms with Crippen molar-refractivity contribution in [2.75, 3.05) is 4.90 Å². The molecule has 0 unspecified atom stereocenters. The lowest BCUT2D eigenvalue weighted by Crippen LogP contribution is -2.25. The second-order valence-electron chi connectivity index (χ2n) is 10.5. The minimum absolute atomic E-state index is 1.01. The molecule has 5 aromatic carbocycles. The molecule has 0 aromatic heterocycles. The maximum absolute atomic E-state index is 2.57. The molecule has 0 radical (unpaired) electrons. The highest BCUT2D eigenvalue weighted by Gasteiger charge is 2.36. The van der Waals surface area contributed by atoms with Crippen LogP contribution in [0.4, 0.5) is 17.1 Å². The first-order chi connectivity index (χ1) is 17.3. The normalized spacial score (nSPS) is 14.9. The maximum Gasteiger partial charge on any atom is 0.0532 e. The van der Waals surface area contributed by atoms with Gasteiger partial charge in [-0.1, -0.05) is 78.9 Å². The van der Waals surface area contributed by atoms with Crippen LogP contribution < -0.4 is 4.90 Å². The molecule has 0 saturated carbocycles. The highest BCUT2D eigenvalue weighted by molar-refractivity contribution is 6.00. The van der Waals surface area contributed by atoms with Crippen LogP contribution in [0.15, 0.2) is 91.0 Å². The Labute approximate surface area is 205 Å². The van der Waals surface area contributed by atoms with Gasteiger partial charge in [-0.05, 0) is 91.7 Å². The summed E-state index contributed by atoms with van der Waals surface area (Å²) in [6.45, 7) is 0. The van der Waals surface area contributed by atoms with Crippen LogP contribution >= 0.6 is 0 Å². The smallest absolute Gasteiger partial charge is 0.0532 e. The number of hydrogen-bond acceptors (Lipinski definition) is 1. The van der Waals surface area contributed by atoms with Crippen LogP contribution in [0.3, 0.4) is 0 Å². The van der Waals surface area contributed by atoms with Crippen molar-refractivity contribution >= 4 is 17.1 Å². The molecule has 1 heteroatoms. The van der Waals surface area contributed by atoms with E-state index in [1.807, 2.05) is 0 Å².